The minimum absolute atomic E-state index is 0.447. The molecular weight excluding hydrogens is 350 g/mol. The molecular formula is C19H23N3O3S. The fraction of sp³-hybridized carbons (Fsp3) is 0.263. The molecule has 0 aliphatic heterocycles. The largest absolute Gasteiger partial charge is 0.497 e. The Hall–Kier alpha value is -2.80. The van der Waals surface area contributed by atoms with Gasteiger partial charge in [0.1, 0.15) is 30.5 Å². The molecule has 26 heavy (non-hydrogen) atoms. The molecule has 138 valence electrons. The highest BCUT2D eigenvalue weighted by Crippen LogP contribution is 2.18. The van der Waals surface area contributed by atoms with Gasteiger partial charge in [0, 0.05) is 12.6 Å². The first-order valence-corrected chi connectivity index (χ1v) is 8.68. The van der Waals surface area contributed by atoms with Crippen molar-refractivity contribution in [3.05, 3.63) is 54.1 Å². The summed E-state index contributed by atoms with van der Waals surface area (Å²) < 4.78 is 16.5. The molecule has 0 aromatic heterocycles. The van der Waals surface area contributed by atoms with Gasteiger partial charge in [0.05, 0.1) is 13.3 Å². The first-order valence-electron chi connectivity index (χ1n) is 8.28. The summed E-state index contributed by atoms with van der Waals surface area (Å²) in [6, 6.07) is 15.1. The summed E-state index contributed by atoms with van der Waals surface area (Å²) >= 11 is 5.02. The third-order valence-electron chi connectivity index (χ3n) is 3.26. The van der Waals surface area contributed by atoms with E-state index >= 15 is 0 Å². The molecule has 0 bridgehead atoms. The zero-order valence-corrected chi connectivity index (χ0v) is 15.7. The minimum atomic E-state index is 0.447. The Morgan fingerprint density at radius 1 is 1.04 bits per heavy atom. The first kappa shape index (κ1) is 19.5. The Bertz CT molecular complexity index is 720. The highest BCUT2D eigenvalue weighted by Gasteiger charge is 1.98. The molecule has 0 aliphatic rings. The molecule has 0 amide bonds. The van der Waals surface area contributed by atoms with E-state index in [1.807, 2.05) is 55.5 Å². The number of hydrogen-bond donors (Lipinski definition) is 2. The number of nitrogens with zero attached hydrogens (tertiary/aromatic N) is 1. The van der Waals surface area contributed by atoms with Crippen LogP contribution in [0.2, 0.25) is 0 Å². The van der Waals surface area contributed by atoms with Crippen molar-refractivity contribution in [2.45, 2.75) is 6.92 Å². The van der Waals surface area contributed by atoms with E-state index in [1.54, 1.807) is 13.3 Å². The number of benzene rings is 2. The van der Waals surface area contributed by atoms with E-state index in [0.717, 1.165) is 29.4 Å². The second kappa shape index (κ2) is 10.9. The third kappa shape index (κ3) is 6.98. The van der Waals surface area contributed by atoms with Gasteiger partial charge in [0.15, 0.2) is 5.11 Å². The number of hydrazone groups is 1. The predicted octanol–water partition coefficient (Wildman–Crippen LogP) is 2.97. The van der Waals surface area contributed by atoms with Crippen LogP contribution in [0.15, 0.2) is 53.6 Å². The first-order chi connectivity index (χ1) is 12.7. The van der Waals surface area contributed by atoms with Crippen molar-refractivity contribution in [1.82, 2.24) is 10.7 Å². The normalized spacial score (nSPS) is 10.4. The van der Waals surface area contributed by atoms with Crippen molar-refractivity contribution >= 4 is 23.5 Å². The van der Waals surface area contributed by atoms with E-state index in [9.17, 15) is 0 Å². The summed E-state index contributed by atoms with van der Waals surface area (Å²) in [6.45, 7) is 3.62. The van der Waals surface area contributed by atoms with Crippen molar-refractivity contribution in [2.24, 2.45) is 5.10 Å². The van der Waals surface area contributed by atoms with Crippen LogP contribution in [0.4, 0.5) is 0 Å². The quantitative estimate of drug-likeness (QED) is 0.305. The number of hydrogen-bond acceptors (Lipinski definition) is 5. The smallest absolute Gasteiger partial charge is 0.186 e. The van der Waals surface area contributed by atoms with Gasteiger partial charge in [-0.05, 0) is 61.1 Å². The predicted molar refractivity (Wildman–Crippen MR) is 107 cm³/mol. The molecule has 0 unspecified atom stereocenters. The van der Waals surface area contributed by atoms with Crippen molar-refractivity contribution in [3.63, 3.8) is 0 Å². The van der Waals surface area contributed by atoms with Gasteiger partial charge < -0.3 is 19.5 Å². The summed E-state index contributed by atoms with van der Waals surface area (Å²) in [5, 5.41) is 7.52. The molecule has 2 rings (SSSR count). The molecule has 0 aliphatic carbocycles. The molecule has 0 saturated carbocycles. The molecule has 0 heterocycles. The average molecular weight is 373 g/mol. The van der Waals surface area contributed by atoms with Crippen LogP contribution in [-0.4, -0.2) is 38.2 Å². The molecule has 0 radical (unpaired) electrons. The number of rotatable bonds is 9. The molecule has 6 nitrogen and oxygen atoms in total. The van der Waals surface area contributed by atoms with Gasteiger partial charge in [-0.15, -0.1) is 0 Å². The van der Waals surface area contributed by atoms with E-state index in [2.05, 4.69) is 15.8 Å². The number of thiocarbonyl (C=S) groups is 1. The van der Waals surface area contributed by atoms with E-state index < -0.39 is 0 Å². The lowest BCUT2D eigenvalue weighted by molar-refractivity contribution is 0.216. The van der Waals surface area contributed by atoms with Crippen LogP contribution in [0.1, 0.15) is 12.5 Å². The Morgan fingerprint density at radius 2 is 1.73 bits per heavy atom. The summed E-state index contributed by atoms with van der Waals surface area (Å²) in [4.78, 5) is 0. The van der Waals surface area contributed by atoms with E-state index in [4.69, 9.17) is 26.4 Å². The zero-order valence-electron chi connectivity index (χ0n) is 14.9. The zero-order chi connectivity index (χ0) is 18.6. The highest BCUT2D eigenvalue weighted by molar-refractivity contribution is 7.80. The van der Waals surface area contributed by atoms with Gasteiger partial charge in [-0.3, -0.25) is 5.43 Å². The molecule has 2 aromatic carbocycles. The van der Waals surface area contributed by atoms with Gasteiger partial charge in [-0.2, -0.15) is 5.10 Å². The third-order valence-corrected chi connectivity index (χ3v) is 3.49. The number of ether oxygens (including phenoxy) is 3. The maximum absolute atomic E-state index is 5.67. The summed E-state index contributed by atoms with van der Waals surface area (Å²) in [5.74, 6) is 2.29. The Kier molecular flexibility index (Phi) is 8.21. The van der Waals surface area contributed by atoms with E-state index in [1.165, 1.54) is 0 Å². The van der Waals surface area contributed by atoms with Crippen LogP contribution in [0.5, 0.6) is 17.2 Å². The molecule has 0 spiro atoms. The Labute approximate surface area is 159 Å². The maximum atomic E-state index is 5.67. The van der Waals surface area contributed by atoms with Crippen LogP contribution < -0.4 is 25.0 Å². The second-order valence-electron chi connectivity index (χ2n) is 5.17. The lowest BCUT2D eigenvalue weighted by Gasteiger charge is -2.09. The van der Waals surface area contributed by atoms with Crippen LogP contribution in [0.3, 0.4) is 0 Å². The SMILES string of the molecule is CCNC(=S)N/N=C\c1ccc(OCCOc2cccc(OC)c2)cc1. The van der Waals surface area contributed by atoms with Gasteiger partial charge in [0.25, 0.3) is 0 Å². The topological polar surface area (TPSA) is 64.1 Å². The fourth-order valence-electron chi connectivity index (χ4n) is 2.03. The van der Waals surface area contributed by atoms with Gasteiger partial charge >= 0.3 is 0 Å². The average Bonchev–Trinajstić information content (AvgIpc) is 2.67. The molecule has 0 saturated heterocycles. The lowest BCUT2D eigenvalue weighted by atomic mass is 10.2. The summed E-state index contributed by atoms with van der Waals surface area (Å²) in [5.41, 5.74) is 3.69. The van der Waals surface area contributed by atoms with Crippen LogP contribution in [0, 0.1) is 0 Å². The molecule has 2 N–H and O–H groups in total. The van der Waals surface area contributed by atoms with Crippen LogP contribution >= 0.6 is 12.2 Å². The monoisotopic (exact) mass is 373 g/mol. The lowest BCUT2D eigenvalue weighted by Crippen LogP contribution is -2.31. The molecule has 2 aromatic rings. The number of methoxy groups -OCH3 is 1. The molecule has 7 heteroatoms. The van der Waals surface area contributed by atoms with Gasteiger partial charge in [-0.1, -0.05) is 6.07 Å². The standard InChI is InChI=1S/C19H23N3O3S/c1-3-20-19(26)22-21-14-15-7-9-16(10-8-15)24-11-12-25-18-6-4-5-17(13-18)23-2/h4-10,13-14H,3,11-12H2,1-2H3,(H2,20,22,26)/b21-14-. The van der Waals surface area contributed by atoms with Gasteiger partial charge in [0.2, 0.25) is 0 Å². The van der Waals surface area contributed by atoms with E-state index in [-0.39, 0.29) is 0 Å². The number of nitrogens with one attached hydrogen (secondary N) is 2. The van der Waals surface area contributed by atoms with E-state index in [0.29, 0.717) is 18.3 Å². The Balaban J connectivity index is 1.71. The van der Waals surface area contributed by atoms with Crippen molar-refractivity contribution in [2.75, 3.05) is 26.9 Å². The van der Waals surface area contributed by atoms with Gasteiger partial charge in [-0.25, -0.2) is 0 Å². The van der Waals surface area contributed by atoms with Crippen molar-refractivity contribution in [1.29, 1.82) is 0 Å². The molecule has 0 fully saturated rings. The maximum Gasteiger partial charge on any atom is 0.186 e. The Morgan fingerprint density at radius 3 is 2.42 bits per heavy atom. The minimum Gasteiger partial charge on any atom is -0.497 e. The van der Waals surface area contributed by atoms with Crippen LogP contribution in [0.25, 0.3) is 0 Å². The fourth-order valence-corrected chi connectivity index (χ4v) is 2.22. The molecule has 0 atom stereocenters. The van der Waals surface area contributed by atoms with Crippen LogP contribution in [-0.2, 0) is 0 Å². The second-order valence-corrected chi connectivity index (χ2v) is 5.58. The van der Waals surface area contributed by atoms with Crippen molar-refractivity contribution in [3.8, 4) is 17.2 Å². The van der Waals surface area contributed by atoms with Crippen molar-refractivity contribution < 1.29 is 14.2 Å². The summed E-state index contributed by atoms with van der Waals surface area (Å²) in [6.07, 6.45) is 1.69. The summed E-state index contributed by atoms with van der Waals surface area (Å²) in [7, 11) is 1.63. The highest BCUT2D eigenvalue weighted by atomic mass is 32.1.